The summed E-state index contributed by atoms with van der Waals surface area (Å²) >= 11 is 0. The van der Waals surface area contributed by atoms with Crippen LogP contribution in [0.25, 0.3) is 22.4 Å². The minimum atomic E-state index is -1.10. The normalized spacial score (nSPS) is 12.5. The Balaban J connectivity index is 2.20. The van der Waals surface area contributed by atoms with E-state index < -0.39 is 10.9 Å². The first kappa shape index (κ1) is 13.4. The summed E-state index contributed by atoms with van der Waals surface area (Å²) in [5.41, 5.74) is 1.57. The van der Waals surface area contributed by atoms with Gasteiger partial charge in [0.1, 0.15) is 0 Å². The Bertz CT molecular complexity index is 871. The van der Waals surface area contributed by atoms with Gasteiger partial charge in [0.25, 0.3) is 0 Å². The van der Waals surface area contributed by atoms with Crippen molar-refractivity contribution in [2.45, 2.75) is 6.92 Å². The largest absolute Gasteiger partial charge is 0.595 e. The quantitative estimate of drug-likeness (QED) is 0.697. The van der Waals surface area contributed by atoms with Crippen LogP contribution in [-0.4, -0.2) is 10.2 Å². The Morgan fingerprint density at radius 2 is 2.05 bits per heavy atom. The van der Waals surface area contributed by atoms with Crippen molar-refractivity contribution in [3.63, 3.8) is 0 Å². The molecule has 3 aromatic rings. The fourth-order valence-corrected chi connectivity index (χ4v) is 2.11. The number of nitrogens with zero attached hydrogens (tertiary/aromatic N) is 1. The molecular weight excluding hydrogens is 272 g/mol. The second-order valence-corrected chi connectivity index (χ2v) is 4.71. The first-order chi connectivity index (χ1) is 10.0. The van der Waals surface area contributed by atoms with Crippen LogP contribution in [-0.2, 0) is 0 Å². The highest BCUT2D eigenvalue weighted by atomic mass is 16.8. The molecule has 1 aromatic heterocycles. The molecule has 106 valence electrons. The van der Waals surface area contributed by atoms with Crippen LogP contribution in [0.3, 0.4) is 0 Å². The van der Waals surface area contributed by atoms with E-state index in [2.05, 4.69) is 4.98 Å². The van der Waals surface area contributed by atoms with Gasteiger partial charge in [0, 0.05) is 17.7 Å². The minimum Gasteiger partial charge on any atom is -0.595 e. The Morgan fingerprint density at radius 3 is 2.76 bits per heavy atom. The smallest absolute Gasteiger partial charge is 0.347 e. The van der Waals surface area contributed by atoms with Crippen LogP contribution in [0.4, 0.5) is 5.69 Å². The van der Waals surface area contributed by atoms with E-state index in [4.69, 9.17) is 9.62 Å². The van der Waals surface area contributed by atoms with Gasteiger partial charge in [-0.1, -0.05) is 17.7 Å². The van der Waals surface area contributed by atoms with Crippen molar-refractivity contribution in [2.75, 3.05) is 0 Å². The SMILES string of the molecule is Cc1cccc(-c2nc3ccc([NH+]([O-])O)cc3c(=O)o2)c1. The predicted octanol–water partition coefficient (Wildman–Crippen LogP) is 1.57. The Morgan fingerprint density at radius 1 is 1.24 bits per heavy atom. The maximum Gasteiger partial charge on any atom is 0.347 e. The molecule has 0 fully saturated rings. The third-order valence-electron chi connectivity index (χ3n) is 3.14. The van der Waals surface area contributed by atoms with Crippen LogP contribution in [0.2, 0.25) is 0 Å². The van der Waals surface area contributed by atoms with Gasteiger partial charge in [0.05, 0.1) is 10.9 Å². The van der Waals surface area contributed by atoms with E-state index in [0.29, 0.717) is 11.1 Å². The molecule has 0 aliphatic carbocycles. The van der Waals surface area contributed by atoms with Crippen LogP contribution in [0.5, 0.6) is 0 Å². The maximum absolute atomic E-state index is 12.0. The first-order valence-corrected chi connectivity index (χ1v) is 6.30. The van der Waals surface area contributed by atoms with Gasteiger partial charge in [0.2, 0.25) is 5.89 Å². The molecule has 2 aromatic carbocycles. The zero-order valence-corrected chi connectivity index (χ0v) is 11.2. The van der Waals surface area contributed by atoms with Gasteiger partial charge in [-0.25, -0.2) is 15.0 Å². The molecule has 1 unspecified atom stereocenters. The number of aromatic nitrogens is 1. The number of fused-ring (bicyclic) bond motifs is 1. The summed E-state index contributed by atoms with van der Waals surface area (Å²) in [7, 11) is 0. The second kappa shape index (κ2) is 5.10. The van der Waals surface area contributed by atoms with Crippen molar-refractivity contribution in [3.05, 3.63) is 63.7 Å². The molecule has 0 saturated carbocycles. The molecule has 0 amide bonds. The molecular formula is C15H12N2O4. The number of benzene rings is 2. The molecule has 21 heavy (non-hydrogen) atoms. The lowest BCUT2D eigenvalue weighted by Gasteiger charge is -2.11. The molecule has 0 radical (unpaired) electrons. The lowest BCUT2D eigenvalue weighted by atomic mass is 10.1. The first-order valence-electron chi connectivity index (χ1n) is 6.30. The summed E-state index contributed by atoms with van der Waals surface area (Å²) in [5.74, 6) is 0.222. The fourth-order valence-electron chi connectivity index (χ4n) is 2.11. The van der Waals surface area contributed by atoms with Gasteiger partial charge < -0.3 is 9.62 Å². The molecule has 0 aliphatic heterocycles. The second-order valence-electron chi connectivity index (χ2n) is 4.71. The van der Waals surface area contributed by atoms with E-state index in [1.165, 1.54) is 18.2 Å². The monoisotopic (exact) mass is 284 g/mol. The average Bonchev–Trinajstić information content (AvgIpc) is 2.46. The molecule has 6 nitrogen and oxygen atoms in total. The third kappa shape index (κ3) is 2.55. The van der Waals surface area contributed by atoms with Gasteiger partial charge in [-0.3, -0.25) is 0 Å². The summed E-state index contributed by atoms with van der Waals surface area (Å²) in [6.07, 6.45) is 0. The van der Waals surface area contributed by atoms with Crippen LogP contribution in [0, 0.1) is 12.1 Å². The van der Waals surface area contributed by atoms with Crippen LogP contribution >= 0.6 is 0 Å². The van der Waals surface area contributed by atoms with Crippen molar-refractivity contribution in [1.82, 2.24) is 4.98 Å². The lowest BCUT2D eigenvalue weighted by Crippen LogP contribution is -2.99. The van der Waals surface area contributed by atoms with Crippen LogP contribution in [0.1, 0.15) is 5.56 Å². The van der Waals surface area contributed by atoms with E-state index in [9.17, 15) is 10.0 Å². The van der Waals surface area contributed by atoms with Crippen molar-refractivity contribution >= 4 is 16.6 Å². The molecule has 0 aliphatic rings. The molecule has 0 bridgehead atoms. The van der Waals surface area contributed by atoms with Crippen molar-refractivity contribution < 1.29 is 14.9 Å². The van der Waals surface area contributed by atoms with Gasteiger partial charge >= 0.3 is 5.63 Å². The van der Waals surface area contributed by atoms with Gasteiger partial charge in [-0.15, -0.1) is 0 Å². The zero-order valence-electron chi connectivity index (χ0n) is 11.2. The minimum absolute atomic E-state index is 0.0277. The van der Waals surface area contributed by atoms with E-state index in [0.717, 1.165) is 5.56 Å². The number of hydrogen-bond donors (Lipinski definition) is 2. The molecule has 1 heterocycles. The summed E-state index contributed by atoms with van der Waals surface area (Å²) in [6.45, 7) is 1.93. The van der Waals surface area contributed by atoms with Crippen molar-refractivity contribution in [2.24, 2.45) is 0 Å². The molecule has 3 rings (SSSR count). The highest BCUT2D eigenvalue weighted by molar-refractivity contribution is 5.80. The Hall–Kier alpha value is -2.54. The molecule has 1 atom stereocenters. The predicted molar refractivity (Wildman–Crippen MR) is 76.2 cm³/mol. The van der Waals surface area contributed by atoms with Gasteiger partial charge in [-0.05, 0) is 25.1 Å². The van der Waals surface area contributed by atoms with E-state index >= 15 is 0 Å². The number of hydrogen-bond acceptors (Lipinski definition) is 5. The molecule has 2 N–H and O–H groups in total. The molecule has 6 heteroatoms. The summed E-state index contributed by atoms with van der Waals surface area (Å²) < 4.78 is 5.21. The number of aryl methyl sites for hydroxylation is 1. The highest BCUT2D eigenvalue weighted by Crippen LogP contribution is 2.20. The number of quaternary nitrogens is 1. The lowest BCUT2D eigenvalue weighted by molar-refractivity contribution is -0.991. The van der Waals surface area contributed by atoms with Crippen LogP contribution in [0.15, 0.2) is 51.7 Å². The van der Waals surface area contributed by atoms with Crippen molar-refractivity contribution in [3.8, 4) is 11.5 Å². The fraction of sp³-hybridized carbons (Fsp3) is 0.0667. The topological polar surface area (TPSA) is 90.8 Å². The van der Waals surface area contributed by atoms with Crippen molar-refractivity contribution in [1.29, 1.82) is 0 Å². The Labute approximate surface area is 119 Å². The van der Waals surface area contributed by atoms with E-state index in [1.54, 1.807) is 6.07 Å². The Kier molecular flexibility index (Phi) is 3.26. The molecule has 0 saturated heterocycles. The van der Waals surface area contributed by atoms with Crippen LogP contribution < -0.4 is 10.9 Å². The van der Waals surface area contributed by atoms with E-state index in [-0.39, 0.29) is 17.0 Å². The van der Waals surface area contributed by atoms with Gasteiger partial charge in [0.15, 0.2) is 5.69 Å². The standard InChI is InChI=1S/C15H12N2O4/c1-9-3-2-4-10(7-9)14-16-13-6-5-11(17(19)20)8-12(13)15(18)21-14/h2-8,17,19H,1H3. The van der Waals surface area contributed by atoms with E-state index in [1.807, 2.05) is 25.1 Å². The summed E-state index contributed by atoms with van der Waals surface area (Å²) in [4.78, 5) is 16.3. The number of nitrogens with one attached hydrogen (secondary N) is 1. The molecule has 0 spiro atoms. The number of rotatable bonds is 2. The van der Waals surface area contributed by atoms with Gasteiger partial charge in [-0.2, -0.15) is 5.23 Å². The average molecular weight is 284 g/mol. The summed E-state index contributed by atoms with van der Waals surface area (Å²) in [5, 5.41) is 18.9. The third-order valence-corrected chi connectivity index (χ3v) is 3.14. The maximum atomic E-state index is 12.0. The zero-order chi connectivity index (χ0) is 15.0. The summed E-state index contributed by atoms with van der Waals surface area (Å²) in [6, 6.07) is 11.6. The highest BCUT2D eigenvalue weighted by Gasteiger charge is 2.11.